The molecule has 0 fully saturated rings. The number of hydrogen-bond donors (Lipinski definition) is 1. The van der Waals surface area contributed by atoms with Crippen LogP contribution in [0.1, 0.15) is 21.5 Å². The van der Waals surface area contributed by atoms with Crippen molar-refractivity contribution in [3.05, 3.63) is 45.8 Å². The molecule has 3 rings (SSSR count). The molecule has 0 radical (unpaired) electrons. The summed E-state index contributed by atoms with van der Waals surface area (Å²) in [4.78, 5) is 16.6. The van der Waals surface area contributed by atoms with Crippen molar-refractivity contribution in [1.82, 2.24) is 4.98 Å². The van der Waals surface area contributed by atoms with E-state index < -0.39 is 0 Å². The number of hydrogen-bond acceptors (Lipinski definition) is 4. The number of thiazole rings is 1. The second-order valence-electron chi connectivity index (χ2n) is 4.51. The van der Waals surface area contributed by atoms with Gasteiger partial charge in [0.25, 0.3) is 5.91 Å². The third-order valence-electron chi connectivity index (χ3n) is 2.91. The lowest BCUT2D eigenvalue weighted by molar-refractivity contribution is 0.102. The summed E-state index contributed by atoms with van der Waals surface area (Å²) in [5.74, 6) is -0.237. The highest BCUT2D eigenvalue weighted by atomic mass is 79.9. The number of furan rings is 1. The van der Waals surface area contributed by atoms with Crippen molar-refractivity contribution in [1.29, 1.82) is 0 Å². The molecule has 6 heteroatoms. The standard InChI is InChI=1S/C14H11BrN2O2S/c1-7-5-8(2)11-10(6-7)20-14(16-11)17-13(18)9-3-4-19-12(9)15/h3-6H,1-2H3,(H,16,17,18). The molecule has 3 aromatic rings. The smallest absolute Gasteiger partial charge is 0.261 e. The largest absolute Gasteiger partial charge is 0.457 e. The van der Waals surface area contributed by atoms with Crippen LogP contribution >= 0.6 is 27.3 Å². The Morgan fingerprint density at radius 1 is 1.40 bits per heavy atom. The van der Waals surface area contributed by atoms with Gasteiger partial charge in [-0.3, -0.25) is 10.1 Å². The Hall–Kier alpha value is -1.66. The van der Waals surface area contributed by atoms with Crippen LogP contribution in [-0.4, -0.2) is 10.9 Å². The zero-order chi connectivity index (χ0) is 14.3. The number of carbonyl (C=O) groups is 1. The Kier molecular flexibility index (Phi) is 3.35. The fourth-order valence-electron chi connectivity index (χ4n) is 2.04. The zero-order valence-corrected chi connectivity index (χ0v) is 13.3. The van der Waals surface area contributed by atoms with Gasteiger partial charge >= 0.3 is 0 Å². The normalized spacial score (nSPS) is 10.9. The van der Waals surface area contributed by atoms with Crippen LogP contribution in [0.5, 0.6) is 0 Å². The topological polar surface area (TPSA) is 55.1 Å². The van der Waals surface area contributed by atoms with Crippen LogP contribution in [0.3, 0.4) is 0 Å². The summed E-state index contributed by atoms with van der Waals surface area (Å²) in [6, 6.07) is 5.77. The van der Waals surface area contributed by atoms with Crippen molar-refractivity contribution in [2.75, 3.05) is 5.32 Å². The van der Waals surface area contributed by atoms with Gasteiger partial charge in [-0.25, -0.2) is 4.98 Å². The third-order valence-corrected chi connectivity index (χ3v) is 4.44. The molecular formula is C14H11BrN2O2S. The number of carbonyl (C=O) groups excluding carboxylic acids is 1. The molecule has 0 saturated carbocycles. The van der Waals surface area contributed by atoms with E-state index in [0.717, 1.165) is 15.8 Å². The molecular weight excluding hydrogens is 340 g/mol. The third kappa shape index (κ3) is 2.36. The van der Waals surface area contributed by atoms with Crippen molar-refractivity contribution >= 4 is 48.5 Å². The second kappa shape index (κ2) is 5.03. The average molecular weight is 351 g/mol. The molecule has 0 aliphatic heterocycles. The van der Waals surface area contributed by atoms with E-state index in [4.69, 9.17) is 4.42 Å². The zero-order valence-electron chi connectivity index (χ0n) is 10.9. The van der Waals surface area contributed by atoms with Crippen molar-refractivity contribution in [3.63, 3.8) is 0 Å². The fraction of sp³-hybridized carbons (Fsp3) is 0.143. The van der Waals surface area contributed by atoms with Gasteiger partial charge in [0.15, 0.2) is 9.80 Å². The average Bonchev–Trinajstić information content (AvgIpc) is 2.95. The summed E-state index contributed by atoms with van der Waals surface area (Å²) in [7, 11) is 0. The van der Waals surface area contributed by atoms with Gasteiger partial charge in [-0.05, 0) is 53.0 Å². The Labute approximate surface area is 127 Å². The molecule has 1 aromatic carbocycles. The number of anilines is 1. The molecule has 0 saturated heterocycles. The summed E-state index contributed by atoms with van der Waals surface area (Å²) in [5, 5.41) is 3.39. The number of amides is 1. The van der Waals surface area contributed by atoms with Crippen LogP contribution in [0.4, 0.5) is 5.13 Å². The first-order valence-electron chi connectivity index (χ1n) is 5.97. The first-order valence-corrected chi connectivity index (χ1v) is 7.57. The lowest BCUT2D eigenvalue weighted by atomic mass is 10.1. The number of aryl methyl sites for hydroxylation is 2. The predicted molar refractivity (Wildman–Crippen MR) is 83.5 cm³/mol. The Bertz CT molecular complexity index is 807. The number of halogens is 1. The Morgan fingerprint density at radius 2 is 2.20 bits per heavy atom. The van der Waals surface area contributed by atoms with E-state index in [0.29, 0.717) is 15.4 Å². The summed E-state index contributed by atoms with van der Waals surface area (Å²) in [5.41, 5.74) is 3.69. The van der Waals surface area contributed by atoms with Crippen LogP contribution in [-0.2, 0) is 0 Å². The lowest BCUT2D eigenvalue weighted by Gasteiger charge is -1.98. The van der Waals surface area contributed by atoms with E-state index >= 15 is 0 Å². The van der Waals surface area contributed by atoms with Crippen LogP contribution in [0, 0.1) is 13.8 Å². The molecule has 0 spiro atoms. The fourth-order valence-corrected chi connectivity index (χ4v) is 3.50. The van der Waals surface area contributed by atoms with Gasteiger partial charge in [-0.1, -0.05) is 17.4 Å². The Morgan fingerprint density at radius 3 is 2.90 bits per heavy atom. The van der Waals surface area contributed by atoms with Crippen LogP contribution in [0.2, 0.25) is 0 Å². The summed E-state index contributed by atoms with van der Waals surface area (Å²) < 4.78 is 6.55. The molecule has 0 aliphatic carbocycles. The van der Waals surface area contributed by atoms with Gasteiger partial charge in [-0.2, -0.15) is 0 Å². The quantitative estimate of drug-likeness (QED) is 0.739. The second-order valence-corrected chi connectivity index (χ2v) is 6.26. The maximum Gasteiger partial charge on any atom is 0.261 e. The summed E-state index contributed by atoms with van der Waals surface area (Å²) >= 11 is 4.66. The van der Waals surface area contributed by atoms with Gasteiger partial charge in [0.05, 0.1) is 22.0 Å². The van der Waals surface area contributed by atoms with Crippen molar-refractivity contribution in [2.24, 2.45) is 0 Å². The SMILES string of the molecule is Cc1cc(C)c2nc(NC(=O)c3ccoc3Br)sc2c1. The monoisotopic (exact) mass is 350 g/mol. The van der Waals surface area contributed by atoms with E-state index in [1.807, 2.05) is 13.8 Å². The number of benzene rings is 1. The van der Waals surface area contributed by atoms with Crippen molar-refractivity contribution < 1.29 is 9.21 Å². The summed E-state index contributed by atoms with van der Waals surface area (Å²) in [6.45, 7) is 4.07. The number of aromatic nitrogens is 1. The molecule has 0 atom stereocenters. The Balaban J connectivity index is 1.94. The molecule has 1 amide bonds. The van der Waals surface area contributed by atoms with E-state index in [-0.39, 0.29) is 5.91 Å². The first-order chi connectivity index (χ1) is 9.54. The molecule has 0 aliphatic rings. The van der Waals surface area contributed by atoms with Gasteiger partial charge in [0.1, 0.15) is 0 Å². The van der Waals surface area contributed by atoms with Crippen LogP contribution in [0.25, 0.3) is 10.2 Å². The molecule has 1 N–H and O–H groups in total. The minimum atomic E-state index is -0.237. The highest BCUT2D eigenvalue weighted by Crippen LogP contribution is 2.30. The van der Waals surface area contributed by atoms with E-state index in [1.165, 1.54) is 23.2 Å². The minimum Gasteiger partial charge on any atom is -0.457 e. The number of nitrogens with zero attached hydrogens (tertiary/aromatic N) is 1. The van der Waals surface area contributed by atoms with E-state index in [2.05, 4.69) is 38.4 Å². The van der Waals surface area contributed by atoms with Gasteiger partial charge in [0.2, 0.25) is 0 Å². The molecule has 0 unspecified atom stereocenters. The van der Waals surface area contributed by atoms with Gasteiger partial charge < -0.3 is 4.42 Å². The first kappa shape index (κ1) is 13.3. The summed E-state index contributed by atoms with van der Waals surface area (Å²) in [6.07, 6.45) is 1.46. The predicted octanol–water partition coefficient (Wildman–Crippen LogP) is 4.52. The highest BCUT2D eigenvalue weighted by molar-refractivity contribution is 9.10. The van der Waals surface area contributed by atoms with Crippen molar-refractivity contribution in [3.8, 4) is 0 Å². The number of fused-ring (bicyclic) bond motifs is 1. The number of nitrogens with one attached hydrogen (secondary N) is 1. The molecule has 2 aromatic heterocycles. The lowest BCUT2D eigenvalue weighted by Crippen LogP contribution is -2.11. The molecule has 20 heavy (non-hydrogen) atoms. The number of rotatable bonds is 2. The molecule has 102 valence electrons. The van der Waals surface area contributed by atoms with E-state index in [1.54, 1.807) is 6.07 Å². The maximum absolute atomic E-state index is 12.1. The van der Waals surface area contributed by atoms with E-state index in [9.17, 15) is 4.79 Å². The van der Waals surface area contributed by atoms with Gasteiger partial charge in [-0.15, -0.1) is 0 Å². The minimum absolute atomic E-state index is 0.237. The maximum atomic E-state index is 12.1. The molecule has 0 bridgehead atoms. The molecule has 2 heterocycles. The van der Waals surface area contributed by atoms with Crippen molar-refractivity contribution in [2.45, 2.75) is 13.8 Å². The van der Waals surface area contributed by atoms with Crippen LogP contribution < -0.4 is 5.32 Å². The van der Waals surface area contributed by atoms with Gasteiger partial charge in [0, 0.05) is 0 Å². The highest BCUT2D eigenvalue weighted by Gasteiger charge is 2.15. The van der Waals surface area contributed by atoms with Crippen LogP contribution in [0.15, 0.2) is 33.5 Å². The molecule has 4 nitrogen and oxygen atoms in total.